The Hall–Kier alpha value is -3.10. The van der Waals surface area contributed by atoms with Gasteiger partial charge in [-0.15, -0.1) is 0 Å². The van der Waals surface area contributed by atoms with Crippen molar-refractivity contribution >= 4 is 16.9 Å². The highest BCUT2D eigenvalue weighted by molar-refractivity contribution is 5.93. The third-order valence-corrected chi connectivity index (χ3v) is 8.18. The minimum Gasteiger partial charge on any atom is -0.458 e. The maximum atomic E-state index is 14.8. The average Bonchev–Trinajstić information content (AvgIpc) is 3.19. The van der Waals surface area contributed by atoms with Crippen molar-refractivity contribution in [2.75, 3.05) is 6.61 Å². The summed E-state index contributed by atoms with van der Waals surface area (Å²) in [4.78, 5) is 30.7. The van der Waals surface area contributed by atoms with Gasteiger partial charge in [-0.3, -0.25) is 4.79 Å². The summed E-state index contributed by atoms with van der Waals surface area (Å²) in [6.07, 6.45) is 1.34. The molecule has 0 amide bonds. The number of ether oxygens (including phenoxy) is 1. The highest BCUT2D eigenvalue weighted by Crippen LogP contribution is 2.48. The molecule has 34 heavy (non-hydrogen) atoms. The first-order chi connectivity index (χ1) is 16.1. The smallest absolute Gasteiger partial charge is 0.343 e. The molecule has 2 aliphatic heterocycles. The molecule has 8 heteroatoms. The number of carbonyl (C=O) groups is 1. The van der Waals surface area contributed by atoms with Crippen LogP contribution >= 0.6 is 0 Å². The van der Waals surface area contributed by atoms with Crippen LogP contribution in [-0.4, -0.2) is 32.3 Å². The Bertz CT molecular complexity index is 1510. The molecular formula is C26H25FN2O5. The Balaban J connectivity index is 1.72. The molecule has 0 unspecified atom stereocenters. The van der Waals surface area contributed by atoms with Crippen molar-refractivity contribution in [2.45, 2.75) is 64.2 Å². The van der Waals surface area contributed by atoms with Gasteiger partial charge in [0.1, 0.15) is 12.4 Å². The molecule has 0 fully saturated rings. The standard InChI is InChI=1S/C26H25FN2O5/c1-4-26(33)16-7-19-22-14(9-29(19)23(31)15(16)10-34-24(26)32)21-20-13(5-6-25(21,3)11-30)12(2)17(27)8-18(20)28-22/h7-8,30,33H,4-6,9-11H2,1-3H3/t25-,26-/m0/s1. The van der Waals surface area contributed by atoms with Gasteiger partial charge in [0.05, 0.1) is 35.6 Å². The minimum atomic E-state index is -1.91. The van der Waals surface area contributed by atoms with E-state index in [2.05, 4.69) is 0 Å². The lowest BCUT2D eigenvalue weighted by molar-refractivity contribution is -0.172. The normalized spacial score (nSPS) is 24.6. The SMILES string of the molecule is CC[C@@]1(O)C(=O)OCc2c1cc1n(c2=O)Cc2c-1nc1cc(F)c(C)c3c1c2[C@](C)(CO)CC3. The number of fused-ring (bicyclic) bond motifs is 5. The molecule has 0 saturated heterocycles. The molecule has 3 aromatic rings. The van der Waals surface area contributed by atoms with Crippen LogP contribution < -0.4 is 5.56 Å². The van der Waals surface area contributed by atoms with E-state index in [0.29, 0.717) is 35.3 Å². The molecule has 1 aliphatic carbocycles. The molecule has 2 atom stereocenters. The molecule has 0 bridgehead atoms. The first-order valence-electron chi connectivity index (χ1n) is 11.6. The van der Waals surface area contributed by atoms with Crippen LogP contribution in [-0.2, 0) is 40.1 Å². The van der Waals surface area contributed by atoms with Gasteiger partial charge in [0.15, 0.2) is 5.60 Å². The molecule has 6 rings (SSSR count). The van der Waals surface area contributed by atoms with E-state index in [-0.39, 0.29) is 48.7 Å². The van der Waals surface area contributed by atoms with Gasteiger partial charge in [-0.25, -0.2) is 14.2 Å². The van der Waals surface area contributed by atoms with Crippen molar-refractivity contribution < 1.29 is 24.1 Å². The van der Waals surface area contributed by atoms with E-state index in [1.807, 2.05) is 6.92 Å². The van der Waals surface area contributed by atoms with Gasteiger partial charge < -0.3 is 19.5 Å². The number of hydrogen-bond donors (Lipinski definition) is 2. The number of rotatable bonds is 2. The van der Waals surface area contributed by atoms with Gasteiger partial charge in [0.25, 0.3) is 5.56 Å². The fraction of sp³-hybridized carbons (Fsp3) is 0.423. The molecule has 4 heterocycles. The number of carbonyl (C=O) groups excluding carboxylic acids is 1. The monoisotopic (exact) mass is 464 g/mol. The van der Waals surface area contributed by atoms with Crippen LogP contribution in [0.3, 0.4) is 0 Å². The summed E-state index contributed by atoms with van der Waals surface area (Å²) in [7, 11) is 0. The van der Waals surface area contributed by atoms with Crippen LogP contribution in [0, 0.1) is 12.7 Å². The maximum absolute atomic E-state index is 14.8. The second kappa shape index (κ2) is 6.73. The largest absolute Gasteiger partial charge is 0.458 e. The second-order valence-corrected chi connectivity index (χ2v) is 9.99. The lowest BCUT2D eigenvalue weighted by Crippen LogP contribution is -2.44. The lowest BCUT2D eigenvalue weighted by atomic mass is 9.69. The molecule has 0 saturated carbocycles. The van der Waals surface area contributed by atoms with Gasteiger partial charge in [0.2, 0.25) is 0 Å². The molecule has 7 nitrogen and oxygen atoms in total. The van der Waals surface area contributed by atoms with Crippen molar-refractivity contribution in [1.82, 2.24) is 9.55 Å². The summed E-state index contributed by atoms with van der Waals surface area (Å²) < 4.78 is 21.6. The zero-order valence-corrected chi connectivity index (χ0v) is 19.3. The van der Waals surface area contributed by atoms with E-state index in [1.54, 1.807) is 24.5 Å². The number of aliphatic hydroxyl groups excluding tert-OH is 1. The lowest BCUT2D eigenvalue weighted by Gasteiger charge is -2.36. The summed E-state index contributed by atoms with van der Waals surface area (Å²) in [6.45, 7) is 5.37. The van der Waals surface area contributed by atoms with Crippen LogP contribution in [0.25, 0.3) is 22.3 Å². The summed E-state index contributed by atoms with van der Waals surface area (Å²) >= 11 is 0. The Morgan fingerprint density at radius 2 is 2.00 bits per heavy atom. The van der Waals surface area contributed by atoms with Crippen LogP contribution in [0.2, 0.25) is 0 Å². The van der Waals surface area contributed by atoms with Crippen LogP contribution in [0.4, 0.5) is 4.39 Å². The minimum absolute atomic E-state index is 0.0570. The number of aryl methyl sites for hydroxylation is 1. The summed E-state index contributed by atoms with van der Waals surface area (Å²) in [5, 5.41) is 22.3. The average molecular weight is 464 g/mol. The first kappa shape index (κ1) is 21.4. The number of hydrogen-bond acceptors (Lipinski definition) is 6. The van der Waals surface area contributed by atoms with E-state index in [4.69, 9.17) is 9.72 Å². The number of nitrogens with zero attached hydrogens (tertiary/aromatic N) is 2. The van der Waals surface area contributed by atoms with Crippen molar-refractivity contribution in [3.8, 4) is 11.4 Å². The number of pyridine rings is 2. The van der Waals surface area contributed by atoms with E-state index in [9.17, 15) is 24.2 Å². The number of aromatic nitrogens is 2. The van der Waals surface area contributed by atoms with Crippen molar-refractivity contribution in [1.29, 1.82) is 0 Å². The molecule has 3 aliphatic rings. The zero-order chi connectivity index (χ0) is 24.2. The van der Waals surface area contributed by atoms with Gasteiger partial charge in [0, 0.05) is 28.0 Å². The second-order valence-electron chi connectivity index (χ2n) is 9.99. The number of aliphatic hydroxyl groups is 2. The van der Waals surface area contributed by atoms with E-state index < -0.39 is 17.0 Å². The van der Waals surface area contributed by atoms with Crippen molar-refractivity contribution in [3.05, 3.63) is 61.7 Å². The quantitative estimate of drug-likeness (QED) is 0.443. The van der Waals surface area contributed by atoms with E-state index >= 15 is 0 Å². The number of cyclic esters (lactones) is 1. The molecule has 2 N–H and O–H groups in total. The fourth-order valence-corrected chi connectivity index (χ4v) is 6.05. The molecule has 1 aromatic carbocycles. The zero-order valence-electron chi connectivity index (χ0n) is 19.3. The Morgan fingerprint density at radius 1 is 1.24 bits per heavy atom. The summed E-state index contributed by atoms with van der Waals surface area (Å²) in [5.41, 5.74) is 2.36. The topological polar surface area (TPSA) is 102 Å². The van der Waals surface area contributed by atoms with Crippen LogP contribution in [0.1, 0.15) is 60.1 Å². The predicted molar refractivity (Wildman–Crippen MR) is 122 cm³/mol. The predicted octanol–water partition coefficient (Wildman–Crippen LogP) is 2.72. The fourth-order valence-electron chi connectivity index (χ4n) is 6.05. The van der Waals surface area contributed by atoms with Crippen molar-refractivity contribution in [2.24, 2.45) is 0 Å². The van der Waals surface area contributed by atoms with E-state index in [0.717, 1.165) is 22.1 Å². The molecule has 2 aromatic heterocycles. The van der Waals surface area contributed by atoms with Gasteiger partial charge in [-0.05, 0) is 48.9 Å². The molecule has 0 spiro atoms. The molecule has 176 valence electrons. The molecular weight excluding hydrogens is 439 g/mol. The van der Waals surface area contributed by atoms with Crippen LogP contribution in [0.15, 0.2) is 16.9 Å². The Labute approximate surface area is 194 Å². The van der Waals surface area contributed by atoms with Gasteiger partial charge in [-0.2, -0.15) is 0 Å². The number of benzene rings is 1. The number of esters is 1. The highest BCUT2D eigenvalue weighted by Gasteiger charge is 2.46. The highest BCUT2D eigenvalue weighted by atomic mass is 19.1. The van der Waals surface area contributed by atoms with Crippen molar-refractivity contribution in [3.63, 3.8) is 0 Å². The Morgan fingerprint density at radius 3 is 2.71 bits per heavy atom. The van der Waals surface area contributed by atoms with Gasteiger partial charge in [-0.1, -0.05) is 13.8 Å². The third-order valence-electron chi connectivity index (χ3n) is 8.18. The number of halogens is 1. The van der Waals surface area contributed by atoms with Crippen LogP contribution in [0.5, 0.6) is 0 Å². The third kappa shape index (κ3) is 2.45. The van der Waals surface area contributed by atoms with Gasteiger partial charge >= 0.3 is 5.97 Å². The first-order valence-corrected chi connectivity index (χ1v) is 11.6. The maximum Gasteiger partial charge on any atom is 0.343 e. The van der Waals surface area contributed by atoms with E-state index in [1.165, 1.54) is 6.07 Å². The summed E-state index contributed by atoms with van der Waals surface area (Å²) in [5.74, 6) is -1.11. The summed E-state index contributed by atoms with van der Waals surface area (Å²) in [6, 6.07) is 3.07. The molecule has 0 radical (unpaired) electrons. The Kier molecular flexibility index (Phi) is 4.24.